The molecule has 2 fully saturated rings. The van der Waals surface area contributed by atoms with E-state index in [1.54, 1.807) is 0 Å². The smallest absolute Gasteiger partial charge is 0.0480 e. The minimum absolute atomic E-state index is 0.756. The molecule has 0 aromatic rings. The fraction of sp³-hybridized carbons (Fsp3) is 1.00. The van der Waals surface area contributed by atoms with E-state index in [2.05, 4.69) is 17.3 Å². The van der Waals surface area contributed by atoms with Crippen molar-refractivity contribution in [3.63, 3.8) is 0 Å². The Labute approximate surface area is 86.8 Å². The molecule has 2 rings (SSSR count). The number of likely N-dealkylation sites (N-methyl/N-ethyl adjacent to an activating group) is 1. The molecule has 0 bridgehead atoms. The molecule has 82 valence electrons. The van der Waals surface area contributed by atoms with E-state index < -0.39 is 0 Å². The number of hydrogen-bond acceptors (Lipinski definition) is 3. The molecule has 0 saturated carbocycles. The Morgan fingerprint density at radius 3 is 2.57 bits per heavy atom. The zero-order valence-electron chi connectivity index (χ0n) is 9.17. The molecule has 14 heavy (non-hydrogen) atoms. The lowest BCUT2D eigenvalue weighted by atomic mass is 10.0. The highest BCUT2D eigenvalue weighted by Crippen LogP contribution is 2.18. The van der Waals surface area contributed by atoms with Crippen LogP contribution in [-0.2, 0) is 4.74 Å². The molecule has 0 radical (unpaired) electrons. The van der Waals surface area contributed by atoms with Crippen molar-refractivity contribution in [2.24, 2.45) is 0 Å². The molecule has 0 aromatic carbocycles. The van der Waals surface area contributed by atoms with Gasteiger partial charge >= 0.3 is 0 Å². The Morgan fingerprint density at radius 2 is 1.93 bits per heavy atom. The molecule has 0 amide bonds. The van der Waals surface area contributed by atoms with E-state index in [1.165, 1.54) is 38.8 Å². The number of rotatable bonds is 2. The summed E-state index contributed by atoms with van der Waals surface area (Å²) in [7, 11) is 2.29. The van der Waals surface area contributed by atoms with Crippen LogP contribution in [0.3, 0.4) is 0 Å². The van der Waals surface area contributed by atoms with E-state index in [0.29, 0.717) is 0 Å². The second-order valence-corrected chi connectivity index (χ2v) is 4.51. The first-order chi connectivity index (χ1) is 6.88. The van der Waals surface area contributed by atoms with E-state index in [4.69, 9.17) is 4.74 Å². The molecule has 1 N–H and O–H groups in total. The lowest BCUT2D eigenvalue weighted by Crippen LogP contribution is -2.49. The van der Waals surface area contributed by atoms with Gasteiger partial charge in [-0.05, 0) is 39.3 Å². The Kier molecular flexibility index (Phi) is 3.79. The van der Waals surface area contributed by atoms with Crippen LogP contribution in [0.2, 0.25) is 0 Å². The third kappa shape index (κ3) is 2.47. The minimum atomic E-state index is 0.756. The summed E-state index contributed by atoms with van der Waals surface area (Å²) in [5.41, 5.74) is 0. The average molecular weight is 198 g/mol. The zero-order chi connectivity index (χ0) is 9.80. The number of nitrogens with zero attached hydrogens (tertiary/aromatic N) is 1. The molecule has 0 aliphatic carbocycles. The fourth-order valence-electron chi connectivity index (χ4n) is 2.57. The van der Waals surface area contributed by atoms with Gasteiger partial charge in [-0.3, -0.25) is 4.90 Å². The normalized spacial score (nSPS) is 30.9. The summed E-state index contributed by atoms with van der Waals surface area (Å²) in [5, 5.41) is 3.48. The van der Waals surface area contributed by atoms with Gasteiger partial charge in [0.05, 0.1) is 0 Å². The Balaban J connectivity index is 1.82. The molecular formula is C11H22N2O. The molecule has 1 unspecified atom stereocenters. The van der Waals surface area contributed by atoms with Crippen molar-refractivity contribution < 1.29 is 4.74 Å². The van der Waals surface area contributed by atoms with E-state index in [0.717, 1.165) is 25.3 Å². The summed E-state index contributed by atoms with van der Waals surface area (Å²) in [6.45, 7) is 4.29. The summed E-state index contributed by atoms with van der Waals surface area (Å²) < 4.78 is 5.39. The standard InChI is InChI=1S/C11H22N2O/c1-13(10-4-7-14-8-5-10)11-3-2-6-12-9-11/h10-12H,2-9H2,1H3. The Bertz CT molecular complexity index is 145. The monoisotopic (exact) mass is 198 g/mol. The minimum Gasteiger partial charge on any atom is -0.381 e. The molecular weight excluding hydrogens is 176 g/mol. The molecule has 2 aliphatic heterocycles. The van der Waals surface area contributed by atoms with Crippen LogP contribution in [0.15, 0.2) is 0 Å². The van der Waals surface area contributed by atoms with Gasteiger partial charge in [-0.2, -0.15) is 0 Å². The van der Waals surface area contributed by atoms with Gasteiger partial charge in [0.1, 0.15) is 0 Å². The summed E-state index contributed by atoms with van der Waals surface area (Å²) in [6, 6.07) is 1.51. The van der Waals surface area contributed by atoms with Gasteiger partial charge < -0.3 is 10.1 Å². The molecule has 0 aromatic heterocycles. The van der Waals surface area contributed by atoms with Crippen molar-refractivity contribution in [2.75, 3.05) is 33.4 Å². The number of ether oxygens (including phenoxy) is 1. The lowest BCUT2D eigenvalue weighted by Gasteiger charge is -2.39. The maximum absolute atomic E-state index is 5.39. The van der Waals surface area contributed by atoms with Crippen LogP contribution in [0.25, 0.3) is 0 Å². The van der Waals surface area contributed by atoms with Gasteiger partial charge in [0.15, 0.2) is 0 Å². The van der Waals surface area contributed by atoms with Crippen LogP contribution in [0.4, 0.5) is 0 Å². The second-order valence-electron chi connectivity index (χ2n) is 4.51. The highest BCUT2D eigenvalue weighted by molar-refractivity contribution is 4.82. The lowest BCUT2D eigenvalue weighted by molar-refractivity contribution is 0.0244. The van der Waals surface area contributed by atoms with Gasteiger partial charge in [-0.15, -0.1) is 0 Å². The van der Waals surface area contributed by atoms with Gasteiger partial charge in [0.2, 0.25) is 0 Å². The van der Waals surface area contributed by atoms with E-state index in [1.807, 2.05) is 0 Å². The summed E-state index contributed by atoms with van der Waals surface area (Å²) in [5.74, 6) is 0. The molecule has 3 nitrogen and oxygen atoms in total. The molecule has 0 spiro atoms. The molecule has 2 heterocycles. The van der Waals surface area contributed by atoms with Gasteiger partial charge in [0, 0.05) is 31.8 Å². The number of hydrogen-bond donors (Lipinski definition) is 1. The molecule has 1 atom stereocenters. The first-order valence-electron chi connectivity index (χ1n) is 5.88. The third-order valence-electron chi connectivity index (χ3n) is 3.61. The fourth-order valence-corrected chi connectivity index (χ4v) is 2.57. The van der Waals surface area contributed by atoms with E-state index in [9.17, 15) is 0 Å². The Morgan fingerprint density at radius 1 is 1.14 bits per heavy atom. The molecule has 2 saturated heterocycles. The van der Waals surface area contributed by atoms with E-state index in [-0.39, 0.29) is 0 Å². The maximum Gasteiger partial charge on any atom is 0.0480 e. The van der Waals surface area contributed by atoms with Crippen LogP contribution in [0.1, 0.15) is 25.7 Å². The number of nitrogens with one attached hydrogen (secondary N) is 1. The predicted octanol–water partition coefficient (Wildman–Crippen LogP) is 0.849. The van der Waals surface area contributed by atoms with Crippen molar-refractivity contribution >= 4 is 0 Å². The Hall–Kier alpha value is -0.120. The summed E-state index contributed by atoms with van der Waals surface area (Å²) >= 11 is 0. The van der Waals surface area contributed by atoms with Crippen LogP contribution < -0.4 is 5.32 Å². The quantitative estimate of drug-likeness (QED) is 0.712. The van der Waals surface area contributed by atoms with Gasteiger partial charge in [-0.25, -0.2) is 0 Å². The van der Waals surface area contributed by atoms with Crippen molar-refractivity contribution in [1.29, 1.82) is 0 Å². The first kappa shape index (κ1) is 10.4. The molecule has 2 aliphatic rings. The van der Waals surface area contributed by atoms with Crippen molar-refractivity contribution in [2.45, 2.75) is 37.8 Å². The van der Waals surface area contributed by atoms with Crippen LogP contribution >= 0.6 is 0 Å². The first-order valence-corrected chi connectivity index (χ1v) is 5.88. The number of piperidine rings is 1. The van der Waals surface area contributed by atoms with Gasteiger partial charge in [0.25, 0.3) is 0 Å². The van der Waals surface area contributed by atoms with Crippen LogP contribution in [0, 0.1) is 0 Å². The summed E-state index contributed by atoms with van der Waals surface area (Å²) in [6.07, 6.45) is 5.12. The second kappa shape index (κ2) is 5.10. The van der Waals surface area contributed by atoms with Crippen LogP contribution in [-0.4, -0.2) is 50.3 Å². The van der Waals surface area contributed by atoms with Crippen molar-refractivity contribution in [3.8, 4) is 0 Å². The van der Waals surface area contributed by atoms with Crippen molar-refractivity contribution in [1.82, 2.24) is 10.2 Å². The van der Waals surface area contributed by atoms with Crippen LogP contribution in [0.5, 0.6) is 0 Å². The summed E-state index contributed by atoms with van der Waals surface area (Å²) in [4.78, 5) is 2.58. The highest BCUT2D eigenvalue weighted by Gasteiger charge is 2.25. The maximum atomic E-state index is 5.39. The van der Waals surface area contributed by atoms with Gasteiger partial charge in [-0.1, -0.05) is 0 Å². The largest absolute Gasteiger partial charge is 0.381 e. The zero-order valence-corrected chi connectivity index (χ0v) is 9.17. The SMILES string of the molecule is CN(C1CCOCC1)C1CCCNC1. The molecule has 3 heteroatoms. The average Bonchev–Trinajstić information content (AvgIpc) is 2.30. The predicted molar refractivity (Wildman–Crippen MR) is 57.5 cm³/mol. The van der Waals surface area contributed by atoms with E-state index >= 15 is 0 Å². The van der Waals surface area contributed by atoms with Crippen molar-refractivity contribution in [3.05, 3.63) is 0 Å². The highest BCUT2D eigenvalue weighted by atomic mass is 16.5. The topological polar surface area (TPSA) is 24.5 Å². The third-order valence-corrected chi connectivity index (χ3v) is 3.61.